The molecule has 1 fully saturated rings. The lowest BCUT2D eigenvalue weighted by Crippen LogP contribution is -2.37. The Kier molecular flexibility index (Phi) is 3.04. The third kappa shape index (κ3) is 2.21. The number of H-pyrrole nitrogens is 1. The maximum absolute atomic E-state index is 5.55. The summed E-state index contributed by atoms with van der Waals surface area (Å²) in [6.45, 7) is 2.87. The quantitative estimate of drug-likeness (QED) is 0.690. The summed E-state index contributed by atoms with van der Waals surface area (Å²) in [5.41, 5.74) is 7.74. The average Bonchev–Trinajstić information content (AvgIpc) is 3.04. The molecule has 9 heteroatoms. The van der Waals surface area contributed by atoms with Crippen LogP contribution in [0.4, 0.5) is 11.9 Å². The van der Waals surface area contributed by atoms with Crippen molar-refractivity contribution in [2.24, 2.45) is 0 Å². The molecular formula is C13H14N8O. The van der Waals surface area contributed by atoms with Crippen LogP contribution in [0.3, 0.4) is 0 Å². The van der Waals surface area contributed by atoms with Gasteiger partial charge in [0.1, 0.15) is 0 Å². The van der Waals surface area contributed by atoms with Crippen molar-refractivity contribution in [3.63, 3.8) is 0 Å². The highest BCUT2D eigenvalue weighted by atomic mass is 16.5. The molecule has 0 unspecified atom stereocenters. The predicted molar refractivity (Wildman–Crippen MR) is 80.2 cm³/mol. The van der Waals surface area contributed by atoms with Gasteiger partial charge in [-0.25, -0.2) is 15.0 Å². The van der Waals surface area contributed by atoms with Gasteiger partial charge in [-0.05, 0) is 0 Å². The largest absolute Gasteiger partial charge is 0.378 e. The molecule has 3 aromatic rings. The van der Waals surface area contributed by atoms with Crippen LogP contribution in [0.2, 0.25) is 0 Å². The molecule has 1 saturated heterocycles. The molecule has 3 N–H and O–H groups in total. The van der Waals surface area contributed by atoms with E-state index in [-0.39, 0.29) is 5.95 Å². The molecule has 112 valence electrons. The topological polar surface area (TPSA) is 119 Å². The molecule has 0 bridgehead atoms. The van der Waals surface area contributed by atoms with E-state index in [9.17, 15) is 0 Å². The molecule has 0 spiro atoms. The van der Waals surface area contributed by atoms with Gasteiger partial charge in [-0.2, -0.15) is 10.1 Å². The van der Waals surface area contributed by atoms with E-state index in [0.29, 0.717) is 24.8 Å². The van der Waals surface area contributed by atoms with Crippen molar-refractivity contribution in [1.82, 2.24) is 30.1 Å². The van der Waals surface area contributed by atoms with Gasteiger partial charge < -0.3 is 15.4 Å². The maximum Gasteiger partial charge on any atom is 0.228 e. The van der Waals surface area contributed by atoms with Crippen molar-refractivity contribution in [3.8, 4) is 11.3 Å². The van der Waals surface area contributed by atoms with Crippen molar-refractivity contribution in [1.29, 1.82) is 0 Å². The average molecular weight is 298 g/mol. The monoisotopic (exact) mass is 298 g/mol. The molecule has 0 aromatic carbocycles. The third-order valence-corrected chi connectivity index (χ3v) is 3.54. The Bertz CT molecular complexity index is 793. The number of hydrogen-bond donors (Lipinski definition) is 2. The standard InChI is InChI=1S/C13H14N8O/c14-12-15-5-8(6-16-12)10-9-7-17-20-11(9)19-13(18-10)21-1-3-22-4-2-21/h5-7H,1-4H2,(H2,14,15,16)(H,17,18,19,20). The van der Waals surface area contributed by atoms with E-state index in [0.717, 1.165) is 29.7 Å². The van der Waals surface area contributed by atoms with Crippen LogP contribution in [0.5, 0.6) is 0 Å². The molecule has 0 aliphatic carbocycles. The fraction of sp³-hybridized carbons (Fsp3) is 0.308. The van der Waals surface area contributed by atoms with Crippen molar-refractivity contribution in [3.05, 3.63) is 18.6 Å². The van der Waals surface area contributed by atoms with E-state index in [4.69, 9.17) is 10.5 Å². The molecule has 1 aliphatic heterocycles. The van der Waals surface area contributed by atoms with Crippen molar-refractivity contribution in [2.45, 2.75) is 0 Å². The lowest BCUT2D eigenvalue weighted by Gasteiger charge is -2.27. The highest BCUT2D eigenvalue weighted by molar-refractivity contribution is 5.90. The minimum Gasteiger partial charge on any atom is -0.378 e. The summed E-state index contributed by atoms with van der Waals surface area (Å²) in [4.78, 5) is 19.4. The first-order chi connectivity index (χ1) is 10.8. The Morgan fingerprint density at radius 3 is 2.64 bits per heavy atom. The second kappa shape index (κ2) is 5.19. The first-order valence-corrected chi connectivity index (χ1v) is 6.93. The Balaban J connectivity index is 1.85. The first kappa shape index (κ1) is 12.9. The highest BCUT2D eigenvalue weighted by Crippen LogP contribution is 2.26. The first-order valence-electron chi connectivity index (χ1n) is 6.93. The normalized spacial score (nSPS) is 15.4. The molecule has 4 rings (SSSR count). The maximum atomic E-state index is 5.55. The van der Waals surface area contributed by atoms with Crippen LogP contribution in [-0.4, -0.2) is 56.4 Å². The van der Waals surface area contributed by atoms with Gasteiger partial charge in [0.15, 0.2) is 5.65 Å². The van der Waals surface area contributed by atoms with E-state index < -0.39 is 0 Å². The Labute approximate surface area is 125 Å². The zero-order chi connectivity index (χ0) is 14.9. The number of nitrogens with one attached hydrogen (secondary N) is 1. The van der Waals surface area contributed by atoms with Crippen molar-refractivity contribution < 1.29 is 4.74 Å². The zero-order valence-electron chi connectivity index (χ0n) is 11.7. The van der Waals surface area contributed by atoms with Gasteiger partial charge in [0.2, 0.25) is 11.9 Å². The molecule has 0 amide bonds. The van der Waals surface area contributed by atoms with Crippen LogP contribution in [0, 0.1) is 0 Å². The summed E-state index contributed by atoms with van der Waals surface area (Å²) >= 11 is 0. The number of fused-ring (bicyclic) bond motifs is 1. The second-order valence-corrected chi connectivity index (χ2v) is 4.93. The number of hydrogen-bond acceptors (Lipinski definition) is 8. The van der Waals surface area contributed by atoms with Crippen molar-refractivity contribution >= 4 is 22.9 Å². The van der Waals surface area contributed by atoms with Gasteiger partial charge in [-0.1, -0.05) is 0 Å². The summed E-state index contributed by atoms with van der Waals surface area (Å²) in [6.07, 6.45) is 5.00. The van der Waals surface area contributed by atoms with Crippen molar-refractivity contribution in [2.75, 3.05) is 36.9 Å². The van der Waals surface area contributed by atoms with Crippen LogP contribution < -0.4 is 10.6 Å². The van der Waals surface area contributed by atoms with Gasteiger partial charge in [0.25, 0.3) is 0 Å². The van der Waals surface area contributed by atoms with Gasteiger partial charge in [0.05, 0.1) is 30.5 Å². The molecule has 3 aromatic heterocycles. The summed E-state index contributed by atoms with van der Waals surface area (Å²) < 4.78 is 5.37. The number of nitrogen functional groups attached to an aromatic ring is 1. The molecule has 4 heterocycles. The zero-order valence-corrected chi connectivity index (χ0v) is 11.7. The number of aromatic nitrogens is 6. The molecule has 22 heavy (non-hydrogen) atoms. The summed E-state index contributed by atoms with van der Waals surface area (Å²) in [5.74, 6) is 0.876. The fourth-order valence-corrected chi connectivity index (χ4v) is 2.41. The minimum absolute atomic E-state index is 0.231. The second-order valence-electron chi connectivity index (χ2n) is 4.93. The Morgan fingerprint density at radius 2 is 1.86 bits per heavy atom. The number of nitrogens with zero attached hydrogens (tertiary/aromatic N) is 6. The molecule has 1 aliphatic rings. The van der Waals surface area contributed by atoms with Gasteiger partial charge >= 0.3 is 0 Å². The summed E-state index contributed by atoms with van der Waals surface area (Å²) in [5, 5.41) is 7.78. The highest BCUT2D eigenvalue weighted by Gasteiger charge is 2.18. The molecular weight excluding hydrogens is 284 g/mol. The van der Waals surface area contributed by atoms with E-state index in [2.05, 4.69) is 35.0 Å². The van der Waals surface area contributed by atoms with Gasteiger partial charge in [0, 0.05) is 31.0 Å². The van der Waals surface area contributed by atoms with E-state index in [1.54, 1.807) is 18.6 Å². The van der Waals surface area contributed by atoms with E-state index in [1.807, 2.05) is 0 Å². The van der Waals surface area contributed by atoms with Gasteiger partial charge in [-0.3, -0.25) is 5.10 Å². The van der Waals surface area contributed by atoms with E-state index in [1.165, 1.54) is 0 Å². The lowest BCUT2D eigenvalue weighted by atomic mass is 10.2. The fourth-order valence-electron chi connectivity index (χ4n) is 2.41. The van der Waals surface area contributed by atoms with Crippen LogP contribution in [0.15, 0.2) is 18.6 Å². The minimum atomic E-state index is 0.231. The molecule has 0 atom stereocenters. The van der Waals surface area contributed by atoms with Crippen LogP contribution >= 0.6 is 0 Å². The van der Waals surface area contributed by atoms with E-state index >= 15 is 0 Å². The lowest BCUT2D eigenvalue weighted by molar-refractivity contribution is 0.122. The number of nitrogens with two attached hydrogens (primary N) is 1. The third-order valence-electron chi connectivity index (χ3n) is 3.54. The molecule has 0 saturated carbocycles. The molecule has 0 radical (unpaired) electrons. The number of rotatable bonds is 2. The predicted octanol–water partition coefficient (Wildman–Crippen LogP) is 0.229. The number of aromatic amines is 1. The van der Waals surface area contributed by atoms with Crippen LogP contribution in [-0.2, 0) is 4.74 Å². The summed E-state index contributed by atoms with van der Waals surface area (Å²) in [6, 6.07) is 0. The SMILES string of the molecule is Nc1ncc(-c2nc(N3CCOCC3)nc3[nH]ncc23)cn1. The van der Waals surface area contributed by atoms with Crippen LogP contribution in [0.25, 0.3) is 22.3 Å². The number of morpholine rings is 1. The molecule has 9 nitrogen and oxygen atoms in total. The Hall–Kier alpha value is -2.81. The van der Waals surface area contributed by atoms with Crippen LogP contribution in [0.1, 0.15) is 0 Å². The Morgan fingerprint density at radius 1 is 1.09 bits per heavy atom. The number of anilines is 2. The number of ether oxygens (including phenoxy) is 1. The van der Waals surface area contributed by atoms with Gasteiger partial charge in [-0.15, -0.1) is 0 Å². The smallest absolute Gasteiger partial charge is 0.228 e. The summed E-state index contributed by atoms with van der Waals surface area (Å²) in [7, 11) is 0.